The van der Waals surface area contributed by atoms with Crippen LogP contribution in [-0.4, -0.2) is 46.4 Å². The van der Waals surface area contributed by atoms with Gasteiger partial charge in [-0.25, -0.2) is 4.98 Å². The van der Waals surface area contributed by atoms with E-state index < -0.39 is 0 Å². The summed E-state index contributed by atoms with van der Waals surface area (Å²) < 4.78 is 18.5. The van der Waals surface area contributed by atoms with Crippen molar-refractivity contribution in [3.8, 4) is 11.5 Å². The Morgan fingerprint density at radius 2 is 2.24 bits per heavy atom. The van der Waals surface area contributed by atoms with Gasteiger partial charge in [-0.2, -0.15) is 0 Å². The Labute approximate surface area is 146 Å². The Morgan fingerprint density at radius 1 is 1.36 bits per heavy atom. The zero-order chi connectivity index (χ0) is 17.2. The molecule has 132 valence electrons. The normalized spacial score (nSPS) is 18.8. The molecule has 0 unspecified atom stereocenters. The average molecular weight is 343 g/mol. The van der Waals surface area contributed by atoms with Crippen molar-refractivity contribution in [1.82, 2.24) is 14.5 Å². The van der Waals surface area contributed by atoms with Gasteiger partial charge >= 0.3 is 0 Å². The lowest BCUT2D eigenvalue weighted by molar-refractivity contribution is 0.0422. The van der Waals surface area contributed by atoms with Crippen LogP contribution < -0.4 is 9.47 Å². The zero-order valence-corrected chi connectivity index (χ0v) is 14.2. The molecule has 0 spiro atoms. The minimum atomic E-state index is -0.0300. The standard InChI is InChI=1S/C18H21N3O4/c1-2-23-10-14-5-6-20-11-19-8-15(20)9-21(14)18(22)13-3-4-16-17(7-13)25-12-24-16/h3-4,7-8,11,14H,2,5-6,9-10,12H2,1H3/t14-/m1/s1. The summed E-state index contributed by atoms with van der Waals surface area (Å²) in [5, 5.41) is 0. The summed E-state index contributed by atoms with van der Waals surface area (Å²) in [5.41, 5.74) is 1.63. The quantitative estimate of drug-likeness (QED) is 0.850. The van der Waals surface area contributed by atoms with Gasteiger partial charge in [0.15, 0.2) is 11.5 Å². The molecule has 2 aliphatic rings. The van der Waals surface area contributed by atoms with Gasteiger partial charge < -0.3 is 23.7 Å². The van der Waals surface area contributed by atoms with Crippen molar-refractivity contribution in [2.75, 3.05) is 20.0 Å². The molecule has 4 rings (SSSR count). The van der Waals surface area contributed by atoms with Gasteiger partial charge in [0.25, 0.3) is 5.91 Å². The molecule has 0 fully saturated rings. The number of rotatable bonds is 4. The summed E-state index contributed by atoms with van der Waals surface area (Å²) in [5.74, 6) is 1.26. The van der Waals surface area contributed by atoms with Crippen molar-refractivity contribution in [3.63, 3.8) is 0 Å². The van der Waals surface area contributed by atoms with Crippen LogP contribution in [0.5, 0.6) is 11.5 Å². The molecule has 1 amide bonds. The zero-order valence-electron chi connectivity index (χ0n) is 14.2. The molecule has 1 aromatic heterocycles. The van der Waals surface area contributed by atoms with E-state index >= 15 is 0 Å². The van der Waals surface area contributed by atoms with Crippen molar-refractivity contribution in [1.29, 1.82) is 0 Å². The monoisotopic (exact) mass is 343 g/mol. The molecule has 25 heavy (non-hydrogen) atoms. The van der Waals surface area contributed by atoms with Crippen molar-refractivity contribution < 1.29 is 19.0 Å². The van der Waals surface area contributed by atoms with Crippen molar-refractivity contribution >= 4 is 5.91 Å². The van der Waals surface area contributed by atoms with Crippen LogP contribution in [0.3, 0.4) is 0 Å². The highest BCUT2D eigenvalue weighted by molar-refractivity contribution is 5.95. The van der Waals surface area contributed by atoms with Gasteiger partial charge in [0, 0.05) is 24.9 Å². The Kier molecular flexibility index (Phi) is 4.31. The molecule has 1 aromatic carbocycles. The fraction of sp³-hybridized carbons (Fsp3) is 0.444. The largest absolute Gasteiger partial charge is 0.454 e. The Bertz CT molecular complexity index is 773. The summed E-state index contributed by atoms with van der Waals surface area (Å²) in [6.07, 6.45) is 4.48. The third-order valence-electron chi connectivity index (χ3n) is 4.67. The van der Waals surface area contributed by atoms with Gasteiger partial charge in [0.2, 0.25) is 6.79 Å². The molecule has 0 bridgehead atoms. The lowest BCUT2D eigenvalue weighted by Gasteiger charge is -2.29. The van der Waals surface area contributed by atoms with Crippen LogP contribution in [0.2, 0.25) is 0 Å². The van der Waals surface area contributed by atoms with Crippen LogP contribution in [0.15, 0.2) is 30.7 Å². The first-order chi connectivity index (χ1) is 12.3. The van der Waals surface area contributed by atoms with Gasteiger partial charge in [0.05, 0.1) is 31.2 Å². The van der Waals surface area contributed by atoms with Crippen LogP contribution in [0, 0.1) is 0 Å². The highest BCUT2D eigenvalue weighted by Crippen LogP contribution is 2.33. The number of amides is 1. The highest BCUT2D eigenvalue weighted by Gasteiger charge is 2.29. The Morgan fingerprint density at radius 3 is 3.12 bits per heavy atom. The maximum atomic E-state index is 13.2. The lowest BCUT2D eigenvalue weighted by Crippen LogP contribution is -2.42. The number of benzene rings is 1. The van der Waals surface area contributed by atoms with E-state index in [1.54, 1.807) is 18.2 Å². The Balaban J connectivity index is 1.62. The number of nitrogens with zero attached hydrogens (tertiary/aromatic N) is 3. The summed E-state index contributed by atoms with van der Waals surface area (Å²) >= 11 is 0. The SMILES string of the molecule is CCOC[C@H]1CCn2cncc2CN1C(=O)c1ccc2c(c1)OCO2. The van der Waals surface area contributed by atoms with Gasteiger partial charge in [-0.1, -0.05) is 0 Å². The number of aromatic nitrogens is 2. The first-order valence-electron chi connectivity index (χ1n) is 8.53. The Hall–Kier alpha value is -2.54. The molecule has 2 aliphatic heterocycles. The van der Waals surface area contributed by atoms with Crippen LogP contribution >= 0.6 is 0 Å². The number of fused-ring (bicyclic) bond motifs is 2. The second-order valence-electron chi connectivity index (χ2n) is 6.18. The number of carbonyl (C=O) groups is 1. The van der Waals surface area contributed by atoms with E-state index in [1.807, 2.05) is 24.3 Å². The number of aryl methyl sites for hydroxylation is 1. The van der Waals surface area contributed by atoms with Crippen molar-refractivity contribution in [2.45, 2.75) is 32.5 Å². The minimum absolute atomic E-state index is 0.0257. The van der Waals surface area contributed by atoms with Crippen LogP contribution in [0.25, 0.3) is 0 Å². The first kappa shape index (κ1) is 16.0. The molecular weight excluding hydrogens is 322 g/mol. The van der Waals surface area contributed by atoms with E-state index in [4.69, 9.17) is 14.2 Å². The van der Waals surface area contributed by atoms with Crippen LogP contribution in [0.1, 0.15) is 29.4 Å². The number of hydrogen-bond donors (Lipinski definition) is 0. The first-order valence-corrected chi connectivity index (χ1v) is 8.53. The second kappa shape index (κ2) is 6.76. The molecule has 0 saturated carbocycles. The highest BCUT2D eigenvalue weighted by atomic mass is 16.7. The van der Waals surface area contributed by atoms with Gasteiger partial charge in [-0.05, 0) is 31.5 Å². The van der Waals surface area contributed by atoms with E-state index in [-0.39, 0.29) is 18.7 Å². The summed E-state index contributed by atoms with van der Waals surface area (Å²) in [6, 6.07) is 5.35. The summed E-state index contributed by atoms with van der Waals surface area (Å²) in [7, 11) is 0. The molecule has 7 nitrogen and oxygen atoms in total. The summed E-state index contributed by atoms with van der Waals surface area (Å²) in [6.45, 7) is 4.68. The van der Waals surface area contributed by atoms with E-state index in [2.05, 4.69) is 9.55 Å². The lowest BCUT2D eigenvalue weighted by atomic mass is 10.1. The maximum absolute atomic E-state index is 13.2. The minimum Gasteiger partial charge on any atom is -0.454 e. The molecule has 0 saturated heterocycles. The van der Waals surface area contributed by atoms with E-state index in [9.17, 15) is 4.79 Å². The molecule has 0 N–H and O–H groups in total. The van der Waals surface area contributed by atoms with E-state index in [0.29, 0.717) is 36.8 Å². The molecule has 0 aliphatic carbocycles. The van der Waals surface area contributed by atoms with Crippen LogP contribution in [0.4, 0.5) is 0 Å². The molecule has 1 atom stereocenters. The fourth-order valence-electron chi connectivity index (χ4n) is 3.29. The van der Waals surface area contributed by atoms with Crippen molar-refractivity contribution in [2.24, 2.45) is 0 Å². The smallest absolute Gasteiger partial charge is 0.254 e. The van der Waals surface area contributed by atoms with Gasteiger partial charge in [-0.3, -0.25) is 4.79 Å². The molecule has 3 heterocycles. The average Bonchev–Trinajstić information content (AvgIpc) is 3.25. The van der Waals surface area contributed by atoms with Gasteiger partial charge in [-0.15, -0.1) is 0 Å². The second-order valence-corrected chi connectivity index (χ2v) is 6.18. The predicted octanol–water partition coefficient (Wildman–Crippen LogP) is 2.06. The number of ether oxygens (including phenoxy) is 3. The molecule has 2 aromatic rings. The molecule has 0 radical (unpaired) electrons. The summed E-state index contributed by atoms with van der Waals surface area (Å²) in [4.78, 5) is 19.3. The van der Waals surface area contributed by atoms with E-state index in [0.717, 1.165) is 18.7 Å². The van der Waals surface area contributed by atoms with Gasteiger partial charge in [0.1, 0.15) is 0 Å². The third-order valence-corrected chi connectivity index (χ3v) is 4.67. The maximum Gasteiger partial charge on any atom is 0.254 e. The number of hydrogen-bond acceptors (Lipinski definition) is 5. The predicted molar refractivity (Wildman–Crippen MR) is 89.6 cm³/mol. The topological polar surface area (TPSA) is 65.8 Å². The van der Waals surface area contributed by atoms with E-state index in [1.165, 1.54) is 0 Å². The molecular formula is C18H21N3O4. The van der Waals surface area contributed by atoms with Crippen molar-refractivity contribution in [3.05, 3.63) is 42.0 Å². The molecule has 7 heteroatoms. The third kappa shape index (κ3) is 3.07. The fourth-order valence-corrected chi connectivity index (χ4v) is 3.29. The van der Waals surface area contributed by atoms with Crippen LogP contribution in [-0.2, 0) is 17.8 Å². The number of imidazole rings is 1. The number of carbonyl (C=O) groups excluding carboxylic acids is 1.